The first-order valence-electron chi connectivity index (χ1n) is 8.68. The molecule has 1 N–H and O–H groups in total. The van der Waals surface area contributed by atoms with Gasteiger partial charge in [0, 0.05) is 24.3 Å². The molecule has 3 aromatic rings. The summed E-state index contributed by atoms with van der Waals surface area (Å²) in [6.45, 7) is 6.16. The van der Waals surface area contributed by atoms with Gasteiger partial charge in [-0.15, -0.1) is 0 Å². The monoisotopic (exact) mass is 353 g/mol. The fourth-order valence-corrected chi connectivity index (χ4v) is 3.05. The highest BCUT2D eigenvalue weighted by molar-refractivity contribution is 5.30. The summed E-state index contributed by atoms with van der Waals surface area (Å²) in [5, 5.41) is 8.05. The number of halogens is 1. The van der Waals surface area contributed by atoms with Crippen LogP contribution in [0.5, 0.6) is 5.75 Å². The molecule has 0 aliphatic heterocycles. The Morgan fingerprint density at radius 3 is 2.50 bits per heavy atom. The third kappa shape index (κ3) is 4.11. The van der Waals surface area contributed by atoms with Crippen molar-refractivity contribution in [3.8, 4) is 5.75 Å². The van der Waals surface area contributed by atoms with E-state index in [9.17, 15) is 4.39 Å². The number of benzene rings is 2. The highest BCUT2D eigenvalue weighted by Gasteiger charge is 2.11. The predicted octanol–water partition coefficient (Wildman–Crippen LogP) is 3.99. The molecule has 0 fully saturated rings. The van der Waals surface area contributed by atoms with E-state index in [1.807, 2.05) is 35.9 Å². The van der Waals surface area contributed by atoms with Crippen LogP contribution in [0.25, 0.3) is 0 Å². The van der Waals surface area contributed by atoms with E-state index >= 15 is 0 Å². The first-order chi connectivity index (χ1) is 12.6. The van der Waals surface area contributed by atoms with Gasteiger partial charge in [0.05, 0.1) is 19.3 Å². The number of aromatic nitrogens is 2. The van der Waals surface area contributed by atoms with Gasteiger partial charge in [-0.05, 0) is 37.1 Å². The van der Waals surface area contributed by atoms with E-state index in [1.54, 1.807) is 6.07 Å². The average Bonchev–Trinajstić information content (AvgIpc) is 2.90. The molecule has 0 radical (unpaired) electrons. The van der Waals surface area contributed by atoms with E-state index in [4.69, 9.17) is 4.74 Å². The van der Waals surface area contributed by atoms with Gasteiger partial charge in [-0.25, -0.2) is 4.39 Å². The molecule has 26 heavy (non-hydrogen) atoms. The predicted molar refractivity (Wildman–Crippen MR) is 101 cm³/mol. The summed E-state index contributed by atoms with van der Waals surface area (Å²) in [4.78, 5) is 0. The Morgan fingerprint density at radius 2 is 1.81 bits per heavy atom. The summed E-state index contributed by atoms with van der Waals surface area (Å²) < 4.78 is 20.8. The number of nitrogens with one attached hydrogen (secondary N) is 1. The van der Waals surface area contributed by atoms with Crippen LogP contribution >= 0.6 is 0 Å². The lowest BCUT2D eigenvalue weighted by atomic mass is 10.1. The molecular weight excluding hydrogens is 329 g/mol. The molecule has 0 saturated carbocycles. The summed E-state index contributed by atoms with van der Waals surface area (Å²) in [5.74, 6) is -0.0718. The summed E-state index contributed by atoms with van der Waals surface area (Å²) in [6, 6.07) is 15.3. The third-order valence-electron chi connectivity index (χ3n) is 4.55. The molecule has 0 aliphatic carbocycles. The zero-order valence-corrected chi connectivity index (χ0v) is 15.4. The van der Waals surface area contributed by atoms with Crippen LogP contribution in [0.3, 0.4) is 0 Å². The van der Waals surface area contributed by atoms with Crippen molar-refractivity contribution in [3.63, 3.8) is 0 Å². The minimum atomic E-state index is -0.338. The summed E-state index contributed by atoms with van der Waals surface area (Å²) in [7, 11) is 1.47. The fraction of sp³-hybridized carbons (Fsp3) is 0.286. The maximum absolute atomic E-state index is 13.8. The van der Waals surface area contributed by atoms with Crippen LogP contribution < -0.4 is 10.1 Å². The minimum Gasteiger partial charge on any atom is -0.494 e. The second kappa shape index (κ2) is 8.15. The van der Waals surface area contributed by atoms with Crippen molar-refractivity contribution in [1.29, 1.82) is 0 Å². The first kappa shape index (κ1) is 18.1. The SMILES string of the molecule is COc1ccc(CNCc2c(C)nn(Cc3ccccc3)c2C)cc1F. The molecular formula is C21H24FN3O. The molecule has 3 rings (SSSR count). The lowest BCUT2D eigenvalue weighted by molar-refractivity contribution is 0.386. The lowest BCUT2D eigenvalue weighted by Crippen LogP contribution is -2.14. The highest BCUT2D eigenvalue weighted by Crippen LogP contribution is 2.18. The maximum Gasteiger partial charge on any atom is 0.165 e. The number of ether oxygens (including phenoxy) is 1. The molecule has 0 amide bonds. The van der Waals surface area contributed by atoms with Gasteiger partial charge in [-0.3, -0.25) is 4.68 Å². The van der Waals surface area contributed by atoms with Crippen LogP contribution in [0, 0.1) is 19.7 Å². The largest absolute Gasteiger partial charge is 0.494 e. The summed E-state index contributed by atoms with van der Waals surface area (Å²) in [6.07, 6.45) is 0. The minimum absolute atomic E-state index is 0.266. The second-order valence-electron chi connectivity index (χ2n) is 6.37. The van der Waals surface area contributed by atoms with Gasteiger partial charge >= 0.3 is 0 Å². The number of hydrogen-bond acceptors (Lipinski definition) is 3. The van der Waals surface area contributed by atoms with Gasteiger partial charge in [0.1, 0.15) is 0 Å². The van der Waals surface area contributed by atoms with Gasteiger partial charge in [-0.1, -0.05) is 36.4 Å². The fourth-order valence-electron chi connectivity index (χ4n) is 3.05. The Morgan fingerprint density at radius 1 is 1.04 bits per heavy atom. The van der Waals surface area contributed by atoms with E-state index in [0.717, 1.165) is 23.5 Å². The molecule has 1 aromatic heterocycles. The lowest BCUT2D eigenvalue weighted by Gasteiger charge is -2.08. The highest BCUT2D eigenvalue weighted by atomic mass is 19.1. The molecule has 2 aromatic carbocycles. The number of rotatable bonds is 7. The van der Waals surface area contributed by atoms with E-state index in [1.165, 1.54) is 24.3 Å². The Kier molecular flexibility index (Phi) is 5.68. The molecule has 5 heteroatoms. The number of methoxy groups -OCH3 is 1. The van der Waals surface area contributed by atoms with Crippen molar-refractivity contribution in [2.24, 2.45) is 0 Å². The molecule has 0 bridgehead atoms. The van der Waals surface area contributed by atoms with Crippen molar-refractivity contribution < 1.29 is 9.13 Å². The normalized spacial score (nSPS) is 10.9. The van der Waals surface area contributed by atoms with Crippen molar-refractivity contribution in [2.75, 3.05) is 7.11 Å². The Hall–Kier alpha value is -2.66. The average molecular weight is 353 g/mol. The Labute approximate surface area is 153 Å². The zero-order valence-electron chi connectivity index (χ0n) is 15.4. The van der Waals surface area contributed by atoms with Gasteiger partial charge in [0.15, 0.2) is 11.6 Å². The first-order valence-corrected chi connectivity index (χ1v) is 8.68. The van der Waals surface area contributed by atoms with Crippen LogP contribution in [0.4, 0.5) is 4.39 Å². The molecule has 0 aliphatic rings. The summed E-state index contributed by atoms with van der Waals surface area (Å²) >= 11 is 0. The van der Waals surface area contributed by atoms with Gasteiger partial charge in [0.25, 0.3) is 0 Å². The summed E-state index contributed by atoms with van der Waals surface area (Å²) in [5.41, 5.74) is 5.48. The van der Waals surface area contributed by atoms with E-state index in [-0.39, 0.29) is 11.6 Å². The Bertz CT molecular complexity index is 874. The third-order valence-corrected chi connectivity index (χ3v) is 4.55. The smallest absolute Gasteiger partial charge is 0.165 e. The second-order valence-corrected chi connectivity index (χ2v) is 6.37. The van der Waals surface area contributed by atoms with Crippen molar-refractivity contribution in [2.45, 2.75) is 33.5 Å². The molecule has 0 atom stereocenters. The molecule has 0 saturated heterocycles. The van der Waals surface area contributed by atoms with Gasteiger partial charge in [0.2, 0.25) is 0 Å². The van der Waals surface area contributed by atoms with Gasteiger partial charge in [-0.2, -0.15) is 5.10 Å². The molecule has 1 heterocycles. The van der Waals surface area contributed by atoms with Gasteiger partial charge < -0.3 is 10.1 Å². The molecule has 0 spiro atoms. The van der Waals surface area contributed by atoms with Crippen LogP contribution in [0.15, 0.2) is 48.5 Å². The standard InChI is InChI=1S/C21H24FN3O/c1-15-19(13-23-12-18-9-10-21(26-3)20(22)11-18)16(2)25(24-15)14-17-7-5-4-6-8-17/h4-11,23H,12-14H2,1-3H3. The van der Waals surface area contributed by atoms with Crippen LogP contribution in [0.1, 0.15) is 28.1 Å². The van der Waals surface area contributed by atoms with Crippen LogP contribution in [-0.4, -0.2) is 16.9 Å². The van der Waals surface area contributed by atoms with Crippen LogP contribution in [0.2, 0.25) is 0 Å². The maximum atomic E-state index is 13.8. The van der Waals surface area contributed by atoms with E-state index in [2.05, 4.69) is 29.5 Å². The van der Waals surface area contributed by atoms with Crippen molar-refractivity contribution in [3.05, 3.63) is 82.4 Å². The number of nitrogens with zero attached hydrogens (tertiary/aromatic N) is 2. The molecule has 136 valence electrons. The van der Waals surface area contributed by atoms with Crippen molar-refractivity contribution >= 4 is 0 Å². The Balaban J connectivity index is 1.64. The molecule has 0 unspecified atom stereocenters. The number of hydrogen-bond donors (Lipinski definition) is 1. The van der Waals surface area contributed by atoms with Crippen molar-refractivity contribution in [1.82, 2.24) is 15.1 Å². The van der Waals surface area contributed by atoms with Crippen LogP contribution in [-0.2, 0) is 19.6 Å². The quantitative estimate of drug-likeness (QED) is 0.698. The zero-order chi connectivity index (χ0) is 18.5. The van der Waals surface area contributed by atoms with E-state index in [0.29, 0.717) is 13.1 Å². The topological polar surface area (TPSA) is 39.1 Å². The van der Waals surface area contributed by atoms with E-state index < -0.39 is 0 Å². The molecule has 4 nitrogen and oxygen atoms in total. The number of aryl methyl sites for hydroxylation is 1.